The minimum absolute atomic E-state index is 0.0898. The molecule has 0 aliphatic heterocycles. The first kappa shape index (κ1) is 22.4. The molecule has 0 bridgehead atoms. The third-order valence-electron chi connectivity index (χ3n) is 5.23. The van der Waals surface area contributed by atoms with Gasteiger partial charge in [0, 0.05) is 17.2 Å². The first-order valence-corrected chi connectivity index (χ1v) is 11.9. The molecule has 32 heavy (non-hydrogen) atoms. The highest BCUT2D eigenvalue weighted by molar-refractivity contribution is 9.10. The van der Waals surface area contributed by atoms with Crippen LogP contribution in [0.2, 0.25) is 0 Å². The van der Waals surface area contributed by atoms with Crippen molar-refractivity contribution in [3.63, 3.8) is 0 Å². The first-order chi connectivity index (χ1) is 15.4. The minimum atomic E-state index is -0.0898. The van der Waals surface area contributed by atoms with E-state index in [0.29, 0.717) is 17.6 Å². The van der Waals surface area contributed by atoms with E-state index in [0.717, 1.165) is 27.0 Å². The number of aryl methyl sites for hydroxylation is 2. The molecule has 0 fully saturated rings. The molecule has 6 nitrogen and oxygen atoms in total. The number of fused-ring (bicyclic) bond motifs is 1. The second-order valence-corrected chi connectivity index (χ2v) is 9.31. The van der Waals surface area contributed by atoms with Crippen LogP contribution in [0.15, 0.2) is 64.2 Å². The summed E-state index contributed by atoms with van der Waals surface area (Å²) in [5.74, 6) is 1.67. The molecule has 164 valence electrons. The smallest absolute Gasteiger partial charge is 0.234 e. The Morgan fingerprint density at radius 3 is 2.75 bits per heavy atom. The number of carbonyl (C=O) groups excluding carboxylic acids is 1. The van der Waals surface area contributed by atoms with E-state index in [4.69, 9.17) is 4.74 Å². The predicted molar refractivity (Wildman–Crippen MR) is 132 cm³/mol. The molecular formula is C24H23BrN4O2S. The molecule has 1 amide bonds. The molecule has 4 aromatic rings. The van der Waals surface area contributed by atoms with Gasteiger partial charge in [-0.05, 0) is 60.0 Å². The van der Waals surface area contributed by atoms with E-state index in [9.17, 15) is 4.79 Å². The van der Waals surface area contributed by atoms with Gasteiger partial charge >= 0.3 is 0 Å². The van der Waals surface area contributed by atoms with Crippen molar-refractivity contribution in [2.45, 2.75) is 25.6 Å². The summed E-state index contributed by atoms with van der Waals surface area (Å²) in [6.45, 7) is 4.31. The van der Waals surface area contributed by atoms with Crippen molar-refractivity contribution in [1.82, 2.24) is 14.8 Å². The van der Waals surface area contributed by atoms with E-state index in [1.807, 2.05) is 54.9 Å². The summed E-state index contributed by atoms with van der Waals surface area (Å²) in [4.78, 5) is 12.4. The van der Waals surface area contributed by atoms with Crippen molar-refractivity contribution in [2.24, 2.45) is 7.05 Å². The van der Waals surface area contributed by atoms with Gasteiger partial charge in [-0.2, -0.15) is 0 Å². The quantitative estimate of drug-likeness (QED) is 0.325. The number of amides is 1. The van der Waals surface area contributed by atoms with E-state index in [1.165, 1.54) is 22.5 Å². The van der Waals surface area contributed by atoms with E-state index in [2.05, 4.69) is 56.6 Å². The van der Waals surface area contributed by atoms with Crippen molar-refractivity contribution >= 4 is 50.1 Å². The Morgan fingerprint density at radius 2 is 1.94 bits per heavy atom. The van der Waals surface area contributed by atoms with Gasteiger partial charge in [0.05, 0.1) is 5.75 Å². The third-order valence-corrected chi connectivity index (χ3v) is 6.74. The van der Waals surface area contributed by atoms with Crippen molar-refractivity contribution < 1.29 is 9.53 Å². The van der Waals surface area contributed by atoms with E-state index < -0.39 is 0 Å². The molecule has 1 heterocycles. The normalized spacial score (nSPS) is 11.0. The molecule has 0 atom stereocenters. The third kappa shape index (κ3) is 4.97. The Kier molecular flexibility index (Phi) is 6.81. The van der Waals surface area contributed by atoms with Gasteiger partial charge in [-0.1, -0.05) is 58.0 Å². The molecule has 0 aliphatic rings. The summed E-state index contributed by atoms with van der Waals surface area (Å²) in [5, 5.41) is 14.4. The highest BCUT2D eigenvalue weighted by atomic mass is 79.9. The van der Waals surface area contributed by atoms with Crippen molar-refractivity contribution in [3.05, 3.63) is 76.0 Å². The second kappa shape index (κ2) is 9.75. The molecule has 0 saturated carbocycles. The van der Waals surface area contributed by atoms with Gasteiger partial charge in [0.15, 0.2) is 11.0 Å². The summed E-state index contributed by atoms with van der Waals surface area (Å²) in [5.41, 5.74) is 2.90. The molecule has 3 aromatic carbocycles. The Balaban J connectivity index is 1.36. The Morgan fingerprint density at radius 1 is 1.12 bits per heavy atom. The lowest BCUT2D eigenvalue weighted by atomic mass is 10.0. The molecule has 0 spiro atoms. The lowest BCUT2D eigenvalue weighted by Gasteiger charge is -2.11. The van der Waals surface area contributed by atoms with E-state index in [1.54, 1.807) is 0 Å². The van der Waals surface area contributed by atoms with Gasteiger partial charge in [-0.15, -0.1) is 10.2 Å². The molecule has 0 saturated heterocycles. The number of nitrogens with one attached hydrogen (secondary N) is 1. The molecule has 0 aliphatic carbocycles. The number of hydrogen-bond acceptors (Lipinski definition) is 5. The first-order valence-electron chi connectivity index (χ1n) is 10.1. The molecule has 1 N–H and O–H groups in total. The molecule has 0 radical (unpaired) electrons. The number of rotatable bonds is 7. The Hall–Kier alpha value is -2.84. The van der Waals surface area contributed by atoms with Gasteiger partial charge in [0.1, 0.15) is 12.4 Å². The topological polar surface area (TPSA) is 69.0 Å². The zero-order chi connectivity index (χ0) is 22.7. The summed E-state index contributed by atoms with van der Waals surface area (Å²) in [6.07, 6.45) is 0. The van der Waals surface area contributed by atoms with Crippen LogP contribution >= 0.6 is 27.7 Å². The van der Waals surface area contributed by atoms with Crippen LogP contribution in [-0.2, 0) is 18.4 Å². The average Bonchev–Trinajstić information content (AvgIpc) is 3.13. The number of hydrogen-bond donors (Lipinski definition) is 1. The lowest BCUT2D eigenvalue weighted by molar-refractivity contribution is -0.113. The van der Waals surface area contributed by atoms with E-state index in [-0.39, 0.29) is 11.7 Å². The maximum absolute atomic E-state index is 12.4. The number of thioether (sulfide) groups is 1. The van der Waals surface area contributed by atoms with Crippen LogP contribution in [-0.4, -0.2) is 26.4 Å². The number of benzene rings is 3. The van der Waals surface area contributed by atoms with Gasteiger partial charge < -0.3 is 14.6 Å². The van der Waals surface area contributed by atoms with Crippen LogP contribution in [0.3, 0.4) is 0 Å². The monoisotopic (exact) mass is 510 g/mol. The van der Waals surface area contributed by atoms with Crippen LogP contribution < -0.4 is 10.1 Å². The predicted octanol–water partition coefficient (Wildman–Crippen LogP) is 5.66. The number of halogens is 1. The minimum Gasteiger partial charge on any atom is -0.485 e. The van der Waals surface area contributed by atoms with Crippen LogP contribution in [0.25, 0.3) is 10.8 Å². The van der Waals surface area contributed by atoms with Crippen molar-refractivity contribution in [3.8, 4) is 5.75 Å². The standard InChI is InChI=1S/C24H23BrN4O2S/c1-15-12-18(25)9-10-20(15)26-23(30)14-32-24-28-27-22(29(24)3)13-31-21-11-8-17-6-4-5-7-19(17)16(21)2/h4-12H,13-14H2,1-3H3,(H,26,30). The van der Waals surface area contributed by atoms with Gasteiger partial charge in [-0.25, -0.2) is 0 Å². The highest BCUT2D eigenvalue weighted by Crippen LogP contribution is 2.28. The van der Waals surface area contributed by atoms with Gasteiger partial charge in [0.2, 0.25) is 5.91 Å². The van der Waals surface area contributed by atoms with Crippen molar-refractivity contribution in [2.75, 3.05) is 11.1 Å². The molecular weight excluding hydrogens is 488 g/mol. The Labute approximate surface area is 199 Å². The average molecular weight is 511 g/mol. The maximum atomic E-state index is 12.4. The zero-order valence-corrected chi connectivity index (χ0v) is 20.5. The summed E-state index contributed by atoms with van der Waals surface area (Å²) in [6, 6.07) is 18.0. The SMILES string of the molecule is Cc1cc(Br)ccc1NC(=O)CSc1nnc(COc2ccc3ccccc3c2C)n1C. The fourth-order valence-corrected chi connectivity index (χ4v) is 4.59. The molecule has 1 aromatic heterocycles. The number of nitrogens with zero attached hydrogens (tertiary/aromatic N) is 3. The zero-order valence-electron chi connectivity index (χ0n) is 18.1. The van der Waals surface area contributed by atoms with Crippen LogP contribution in [0, 0.1) is 13.8 Å². The lowest BCUT2D eigenvalue weighted by Crippen LogP contribution is -2.15. The summed E-state index contributed by atoms with van der Waals surface area (Å²) in [7, 11) is 1.88. The summed E-state index contributed by atoms with van der Waals surface area (Å²) < 4.78 is 8.88. The fourth-order valence-electron chi connectivity index (χ4n) is 3.39. The molecule has 4 rings (SSSR count). The molecule has 8 heteroatoms. The second-order valence-electron chi connectivity index (χ2n) is 7.45. The van der Waals surface area contributed by atoms with Crippen molar-refractivity contribution in [1.29, 1.82) is 0 Å². The number of ether oxygens (including phenoxy) is 1. The van der Waals surface area contributed by atoms with Crippen LogP contribution in [0.1, 0.15) is 17.0 Å². The molecule has 0 unspecified atom stereocenters. The van der Waals surface area contributed by atoms with Gasteiger partial charge in [0.25, 0.3) is 0 Å². The number of anilines is 1. The fraction of sp³-hybridized carbons (Fsp3) is 0.208. The maximum Gasteiger partial charge on any atom is 0.234 e. The van der Waals surface area contributed by atoms with Gasteiger partial charge in [-0.3, -0.25) is 4.79 Å². The highest BCUT2D eigenvalue weighted by Gasteiger charge is 2.14. The Bertz CT molecular complexity index is 1290. The van der Waals surface area contributed by atoms with Crippen LogP contribution in [0.4, 0.5) is 5.69 Å². The number of aromatic nitrogens is 3. The summed E-state index contributed by atoms with van der Waals surface area (Å²) >= 11 is 4.77. The van der Waals surface area contributed by atoms with E-state index >= 15 is 0 Å². The largest absolute Gasteiger partial charge is 0.485 e. The van der Waals surface area contributed by atoms with Crippen LogP contribution in [0.5, 0.6) is 5.75 Å². The number of carbonyl (C=O) groups is 1.